The van der Waals surface area contributed by atoms with Crippen molar-refractivity contribution in [3.8, 4) is 0 Å². The number of piperidine rings is 1. The summed E-state index contributed by atoms with van der Waals surface area (Å²) in [5.41, 5.74) is 1.15. The van der Waals surface area contributed by atoms with Crippen LogP contribution in [0.25, 0.3) is 11.0 Å². The zero-order chi connectivity index (χ0) is 23.6. The number of fused-ring (bicyclic) bond motifs is 1. The molecule has 0 saturated carbocycles. The van der Waals surface area contributed by atoms with Gasteiger partial charge in [-0.2, -0.15) is 0 Å². The summed E-state index contributed by atoms with van der Waals surface area (Å²) < 4.78 is 33.0. The van der Waals surface area contributed by atoms with Crippen LogP contribution in [0.5, 0.6) is 0 Å². The number of hydrogen-bond acceptors (Lipinski definition) is 6. The van der Waals surface area contributed by atoms with Crippen LogP contribution >= 0.6 is 0 Å². The molecule has 1 saturated heterocycles. The van der Waals surface area contributed by atoms with E-state index in [9.17, 15) is 22.8 Å². The number of anilines is 1. The predicted molar refractivity (Wildman–Crippen MR) is 121 cm³/mol. The summed E-state index contributed by atoms with van der Waals surface area (Å²) in [4.78, 5) is 43.0. The first-order valence-electron chi connectivity index (χ1n) is 10.6. The molecule has 3 aromatic rings. The number of nitrogens with zero attached hydrogens (tertiary/aromatic N) is 1. The molecule has 1 atom stereocenters. The van der Waals surface area contributed by atoms with Gasteiger partial charge in [-0.15, -0.1) is 0 Å². The normalized spacial score (nSPS) is 16.5. The third-order valence-corrected chi connectivity index (χ3v) is 6.89. The number of likely N-dealkylation sites (tertiary alicyclic amines) is 1. The van der Waals surface area contributed by atoms with E-state index in [1.54, 1.807) is 24.0 Å². The van der Waals surface area contributed by atoms with Crippen LogP contribution < -0.4 is 10.4 Å². The van der Waals surface area contributed by atoms with Gasteiger partial charge in [-0.05, 0) is 62.2 Å². The van der Waals surface area contributed by atoms with E-state index >= 15 is 0 Å². The van der Waals surface area contributed by atoms with Gasteiger partial charge in [0.05, 0.1) is 28.5 Å². The minimum atomic E-state index is -3.90. The molecule has 1 aromatic heterocycles. The number of rotatable bonds is 6. The number of ether oxygens (including phenoxy) is 1. The first-order valence-corrected chi connectivity index (χ1v) is 12.1. The summed E-state index contributed by atoms with van der Waals surface area (Å²) in [6, 6.07) is 10.4. The first-order chi connectivity index (χ1) is 15.8. The number of sulfonamides is 1. The van der Waals surface area contributed by atoms with Crippen LogP contribution in [-0.4, -0.2) is 54.9 Å². The molecule has 2 heterocycles. The van der Waals surface area contributed by atoms with Crippen molar-refractivity contribution in [2.24, 2.45) is 5.92 Å². The molecule has 1 aliphatic rings. The molecular weight excluding hydrogens is 448 g/mol. The fourth-order valence-electron chi connectivity index (χ4n) is 3.87. The lowest BCUT2D eigenvalue weighted by molar-refractivity contribution is -0.149. The molecule has 1 aliphatic heterocycles. The van der Waals surface area contributed by atoms with Crippen LogP contribution in [0.4, 0.5) is 5.69 Å². The number of benzene rings is 2. The lowest BCUT2D eigenvalue weighted by atomic mass is 9.97. The summed E-state index contributed by atoms with van der Waals surface area (Å²) in [5.74, 6) is -0.844. The zero-order valence-electron chi connectivity index (χ0n) is 18.0. The number of esters is 1. The largest absolute Gasteiger partial charge is 0.466 e. The molecule has 2 aromatic carbocycles. The molecule has 11 heteroatoms. The summed E-state index contributed by atoms with van der Waals surface area (Å²) in [6.07, 6.45) is 1.40. The highest BCUT2D eigenvalue weighted by atomic mass is 32.2. The van der Waals surface area contributed by atoms with Crippen molar-refractivity contribution in [3.63, 3.8) is 0 Å². The first kappa shape index (κ1) is 22.6. The van der Waals surface area contributed by atoms with Gasteiger partial charge in [-0.25, -0.2) is 13.2 Å². The number of carbonyl (C=O) groups excluding carboxylic acids is 2. The SMILES string of the molecule is CCOC(=O)[C@@H]1CCCN(C(=O)c2ccc(NS(=O)(=O)c3ccc4[nH]c(=O)[nH]c4c3)cc2)C1. The number of H-pyrrole nitrogens is 2. The monoisotopic (exact) mass is 472 g/mol. The van der Waals surface area contributed by atoms with E-state index < -0.39 is 15.7 Å². The molecule has 0 bridgehead atoms. The Balaban J connectivity index is 1.45. The summed E-state index contributed by atoms with van der Waals surface area (Å²) in [5, 5.41) is 0. The summed E-state index contributed by atoms with van der Waals surface area (Å²) >= 11 is 0. The molecule has 1 fully saturated rings. The fraction of sp³-hybridized carbons (Fsp3) is 0.318. The number of aromatic nitrogens is 2. The highest BCUT2D eigenvalue weighted by Crippen LogP contribution is 2.22. The van der Waals surface area contributed by atoms with E-state index in [0.717, 1.165) is 0 Å². The van der Waals surface area contributed by atoms with Crippen molar-refractivity contribution in [3.05, 3.63) is 58.5 Å². The fourth-order valence-corrected chi connectivity index (χ4v) is 4.95. The van der Waals surface area contributed by atoms with Gasteiger partial charge >= 0.3 is 11.7 Å². The van der Waals surface area contributed by atoms with Crippen LogP contribution in [0.2, 0.25) is 0 Å². The van der Waals surface area contributed by atoms with Gasteiger partial charge < -0.3 is 19.6 Å². The Morgan fingerprint density at radius 1 is 1.12 bits per heavy atom. The number of carbonyl (C=O) groups is 2. The van der Waals surface area contributed by atoms with Crippen LogP contribution in [-0.2, 0) is 19.6 Å². The van der Waals surface area contributed by atoms with Crippen molar-refractivity contribution >= 4 is 38.6 Å². The second kappa shape index (κ2) is 9.10. The molecule has 174 valence electrons. The Morgan fingerprint density at radius 3 is 2.58 bits per heavy atom. The average Bonchev–Trinajstić information content (AvgIpc) is 3.18. The Kier molecular flexibility index (Phi) is 6.23. The standard InChI is InChI=1S/C22H24N4O6S/c1-2-32-21(28)15-4-3-11-26(13-15)20(27)14-5-7-16(8-6-14)25-33(30,31)17-9-10-18-19(12-17)24-22(29)23-18/h5-10,12,15,25H,2-4,11,13H2,1H3,(H2,23,24,29)/t15-/m1/s1. The third kappa shape index (κ3) is 4.92. The highest BCUT2D eigenvalue weighted by Gasteiger charge is 2.29. The van der Waals surface area contributed by atoms with Crippen LogP contribution in [0.15, 0.2) is 52.2 Å². The maximum Gasteiger partial charge on any atom is 0.323 e. The maximum absolute atomic E-state index is 12.9. The Hall–Kier alpha value is -3.60. The Labute approximate surface area is 190 Å². The molecule has 4 rings (SSSR count). The molecule has 10 nitrogen and oxygen atoms in total. The minimum absolute atomic E-state index is 0.0104. The smallest absolute Gasteiger partial charge is 0.323 e. The highest BCUT2D eigenvalue weighted by molar-refractivity contribution is 7.92. The third-order valence-electron chi connectivity index (χ3n) is 5.51. The van der Waals surface area contributed by atoms with E-state index in [1.165, 1.54) is 30.3 Å². The number of amides is 1. The van der Waals surface area contributed by atoms with E-state index in [0.29, 0.717) is 49.1 Å². The van der Waals surface area contributed by atoms with E-state index in [2.05, 4.69) is 14.7 Å². The molecule has 1 amide bonds. The van der Waals surface area contributed by atoms with Gasteiger partial charge in [0.1, 0.15) is 0 Å². The van der Waals surface area contributed by atoms with Gasteiger partial charge in [-0.1, -0.05) is 0 Å². The van der Waals surface area contributed by atoms with Gasteiger partial charge in [0, 0.05) is 24.3 Å². The lowest BCUT2D eigenvalue weighted by Crippen LogP contribution is -2.42. The molecule has 0 aliphatic carbocycles. The van der Waals surface area contributed by atoms with E-state index in [1.807, 2.05) is 0 Å². The molecule has 0 unspecified atom stereocenters. The Bertz CT molecular complexity index is 1340. The van der Waals surface area contributed by atoms with Crippen molar-refractivity contribution < 1.29 is 22.7 Å². The topological polar surface area (TPSA) is 141 Å². The van der Waals surface area contributed by atoms with Crippen molar-refractivity contribution in [1.82, 2.24) is 14.9 Å². The van der Waals surface area contributed by atoms with E-state index in [-0.39, 0.29) is 28.4 Å². The molecular formula is C22H24N4O6S. The molecule has 0 radical (unpaired) electrons. The molecule has 0 spiro atoms. The van der Waals surface area contributed by atoms with E-state index in [4.69, 9.17) is 4.74 Å². The second-order valence-corrected chi connectivity index (χ2v) is 9.49. The van der Waals surface area contributed by atoms with Gasteiger partial charge in [-0.3, -0.25) is 14.3 Å². The Morgan fingerprint density at radius 2 is 1.85 bits per heavy atom. The van der Waals surface area contributed by atoms with Gasteiger partial charge in [0.2, 0.25) is 0 Å². The predicted octanol–water partition coefficient (Wildman–Crippen LogP) is 2.07. The van der Waals surface area contributed by atoms with Gasteiger partial charge in [0.25, 0.3) is 15.9 Å². The number of nitrogens with one attached hydrogen (secondary N) is 3. The number of aromatic amines is 2. The minimum Gasteiger partial charge on any atom is -0.466 e. The van der Waals surface area contributed by atoms with Crippen molar-refractivity contribution in [1.29, 1.82) is 0 Å². The summed E-state index contributed by atoms with van der Waals surface area (Å²) in [6.45, 7) is 2.90. The number of imidazole rings is 1. The van der Waals surface area contributed by atoms with Crippen molar-refractivity contribution in [2.45, 2.75) is 24.7 Å². The zero-order valence-corrected chi connectivity index (χ0v) is 18.8. The quantitative estimate of drug-likeness (QED) is 0.469. The van der Waals surface area contributed by atoms with Gasteiger partial charge in [0.15, 0.2) is 0 Å². The van der Waals surface area contributed by atoms with Crippen molar-refractivity contribution in [2.75, 3.05) is 24.4 Å². The molecule has 33 heavy (non-hydrogen) atoms. The van der Waals surface area contributed by atoms with Crippen LogP contribution in [0.1, 0.15) is 30.1 Å². The second-order valence-electron chi connectivity index (χ2n) is 7.81. The number of hydrogen-bond donors (Lipinski definition) is 3. The lowest BCUT2D eigenvalue weighted by Gasteiger charge is -2.31. The molecule has 3 N–H and O–H groups in total. The van der Waals surface area contributed by atoms with Crippen LogP contribution in [0.3, 0.4) is 0 Å². The summed E-state index contributed by atoms with van der Waals surface area (Å²) in [7, 11) is -3.90. The maximum atomic E-state index is 12.9. The average molecular weight is 473 g/mol. The van der Waals surface area contributed by atoms with Crippen LogP contribution in [0, 0.1) is 5.92 Å².